The summed E-state index contributed by atoms with van der Waals surface area (Å²) in [6.07, 6.45) is 9.04. The molecule has 2 N–H and O–H groups in total. The molecular weight excluding hydrogens is 294 g/mol. The maximum absolute atomic E-state index is 12.6. The van der Waals surface area contributed by atoms with Gasteiger partial charge in [-0.25, -0.2) is 0 Å². The molecule has 130 valence electrons. The normalized spacial score (nSPS) is 35.7. The number of hydrogen-bond donors (Lipinski definition) is 2. The molecule has 3 rings (SSSR count). The molecule has 0 aromatic rings. The summed E-state index contributed by atoms with van der Waals surface area (Å²) >= 11 is 0. The standard InChI is InChI=1S/C18H29NO4/c1-2-23-15-11-14(18(15)8-4-3-5-9-18)19-16(20)12-6-7-13(10-12)17(21)22/h12-15H,2-11H2,1H3,(H,19,20)(H,21,22)/t12-,13+,14?,15?/m1/s1. The highest BCUT2D eigenvalue weighted by atomic mass is 16.5. The second-order valence-corrected chi connectivity index (χ2v) is 7.58. The number of nitrogens with one attached hydrogen (secondary N) is 1. The molecule has 1 spiro atoms. The van der Waals surface area contributed by atoms with Crippen molar-refractivity contribution in [1.82, 2.24) is 5.32 Å². The molecule has 0 aromatic heterocycles. The van der Waals surface area contributed by atoms with E-state index in [-0.39, 0.29) is 35.3 Å². The summed E-state index contributed by atoms with van der Waals surface area (Å²) < 4.78 is 5.93. The van der Waals surface area contributed by atoms with Crippen LogP contribution >= 0.6 is 0 Å². The van der Waals surface area contributed by atoms with E-state index in [1.54, 1.807) is 0 Å². The van der Waals surface area contributed by atoms with Crippen LogP contribution in [0.15, 0.2) is 0 Å². The topological polar surface area (TPSA) is 75.6 Å². The molecule has 3 aliphatic carbocycles. The fourth-order valence-electron chi connectivity index (χ4n) is 5.00. The lowest BCUT2D eigenvalue weighted by Gasteiger charge is -2.57. The van der Waals surface area contributed by atoms with E-state index in [1.807, 2.05) is 6.92 Å². The van der Waals surface area contributed by atoms with Crippen LogP contribution < -0.4 is 5.32 Å². The van der Waals surface area contributed by atoms with Gasteiger partial charge in [0.05, 0.1) is 12.0 Å². The van der Waals surface area contributed by atoms with Crippen LogP contribution in [0.4, 0.5) is 0 Å². The molecule has 5 nitrogen and oxygen atoms in total. The highest BCUT2D eigenvalue weighted by Crippen LogP contribution is 2.53. The minimum absolute atomic E-state index is 0.0682. The van der Waals surface area contributed by atoms with Crippen molar-refractivity contribution in [2.45, 2.75) is 76.9 Å². The van der Waals surface area contributed by atoms with E-state index in [0.29, 0.717) is 19.3 Å². The number of aliphatic carboxylic acids is 1. The quantitative estimate of drug-likeness (QED) is 0.816. The van der Waals surface area contributed by atoms with Crippen molar-refractivity contribution in [1.29, 1.82) is 0 Å². The summed E-state index contributed by atoms with van der Waals surface area (Å²) in [6.45, 7) is 2.77. The summed E-state index contributed by atoms with van der Waals surface area (Å²) in [5.74, 6) is -1.16. The average Bonchev–Trinajstić information content (AvgIpc) is 3.05. The van der Waals surface area contributed by atoms with Crippen LogP contribution in [0.3, 0.4) is 0 Å². The monoisotopic (exact) mass is 323 g/mol. The van der Waals surface area contributed by atoms with Crippen LogP contribution in [0.25, 0.3) is 0 Å². The third kappa shape index (κ3) is 3.12. The molecule has 3 saturated carbocycles. The number of hydrogen-bond acceptors (Lipinski definition) is 3. The Hall–Kier alpha value is -1.10. The molecule has 3 aliphatic rings. The van der Waals surface area contributed by atoms with Crippen LogP contribution in [-0.2, 0) is 14.3 Å². The van der Waals surface area contributed by atoms with Crippen molar-refractivity contribution in [3.63, 3.8) is 0 Å². The number of carbonyl (C=O) groups excluding carboxylic acids is 1. The second kappa shape index (κ2) is 6.80. The van der Waals surface area contributed by atoms with Gasteiger partial charge in [-0.05, 0) is 45.4 Å². The number of amides is 1. The fraction of sp³-hybridized carbons (Fsp3) is 0.889. The summed E-state index contributed by atoms with van der Waals surface area (Å²) in [5, 5.41) is 12.4. The Balaban J connectivity index is 1.59. The Bertz CT molecular complexity index is 458. The van der Waals surface area contributed by atoms with E-state index in [4.69, 9.17) is 9.84 Å². The SMILES string of the molecule is CCOC1CC(NC(=O)[C@@H]2CC[C@H](C(=O)O)C2)C12CCCCC2. The van der Waals surface area contributed by atoms with E-state index < -0.39 is 5.97 Å². The van der Waals surface area contributed by atoms with Gasteiger partial charge in [0.15, 0.2) is 0 Å². The zero-order valence-electron chi connectivity index (χ0n) is 14.1. The van der Waals surface area contributed by atoms with Gasteiger partial charge in [-0.1, -0.05) is 19.3 Å². The molecule has 0 aliphatic heterocycles. The van der Waals surface area contributed by atoms with Gasteiger partial charge in [0.1, 0.15) is 0 Å². The molecule has 5 heteroatoms. The van der Waals surface area contributed by atoms with Crippen LogP contribution in [0.1, 0.15) is 64.7 Å². The molecule has 0 bridgehead atoms. The first-order valence-electron chi connectivity index (χ1n) is 9.21. The lowest BCUT2D eigenvalue weighted by atomic mass is 9.55. The van der Waals surface area contributed by atoms with Crippen LogP contribution in [0, 0.1) is 17.3 Å². The Morgan fingerprint density at radius 1 is 1.13 bits per heavy atom. The maximum Gasteiger partial charge on any atom is 0.306 e. The van der Waals surface area contributed by atoms with Gasteiger partial charge < -0.3 is 15.2 Å². The number of carbonyl (C=O) groups is 2. The number of rotatable bonds is 5. The molecule has 0 saturated heterocycles. The van der Waals surface area contributed by atoms with Crippen molar-refractivity contribution in [3.8, 4) is 0 Å². The van der Waals surface area contributed by atoms with Gasteiger partial charge in [-0.3, -0.25) is 9.59 Å². The zero-order chi connectivity index (χ0) is 16.4. The summed E-state index contributed by atoms with van der Waals surface area (Å²) in [5.41, 5.74) is 0.134. The molecular formula is C18H29NO4. The van der Waals surface area contributed by atoms with E-state index >= 15 is 0 Å². The van der Waals surface area contributed by atoms with Gasteiger partial charge in [0.25, 0.3) is 0 Å². The molecule has 0 radical (unpaired) electrons. The molecule has 4 atom stereocenters. The van der Waals surface area contributed by atoms with Gasteiger partial charge in [0.2, 0.25) is 5.91 Å². The molecule has 2 unspecified atom stereocenters. The van der Waals surface area contributed by atoms with Crippen LogP contribution in [0.5, 0.6) is 0 Å². The largest absolute Gasteiger partial charge is 0.481 e. The highest BCUT2D eigenvalue weighted by Gasteiger charge is 2.56. The molecule has 0 heterocycles. The Morgan fingerprint density at radius 3 is 2.43 bits per heavy atom. The third-order valence-corrected chi connectivity index (χ3v) is 6.41. The van der Waals surface area contributed by atoms with Crippen LogP contribution in [0.2, 0.25) is 0 Å². The molecule has 23 heavy (non-hydrogen) atoms. The summed E-state index contributed by atoms with van der Waals surface area (Å²) in [7, 11) is 0. The smallest absolute Gasteiger partial charge is 0.306 e. The highest BCUT2D eigenvalue weighted by molar-refractivity contribution is 5.81. The molecule has 1 amide bonds. The number of ether oxygens (including phenoxy) is 1. The van der Waals surface area contributed by atoms with Gasteiger partial charge in [-0.15, -0.1) is 0 Å². The summed E-state index contributed by atoms with van der Waals surface area (Å²) in [6, 6.07) is 0.218. The first kappa shape index (κ1) is 16.7. The van der Waals surface area contributed by atoms with Gasteiger partial charge in [0, 0.05) is 24.0 Å². The average molecular weight is 323 g/mol. The lowest BCUT2D eigenvalue weighted by Crippen LogP contribution is -2.65. The van der Waals surface area contributed by atoms with Crippen LogP contribution in [-0.4, -0.2) is 35.7 Å². The van der Waals surface area contributed by atoms with E-state index in [2.05, 4.69) is 5.32 Å². The Labute approximate surface area is 138 Å². The van der Waals surface area contributed by atoms with Gasteiger partial charge in [-0.2, -0.15) is 0 Å². The second-order valence-electron chi connectivity index (χ2n) is 7.58. The number of carboxylic acid groups (broad SMARTS) is 1. The Kier molecular flexibility index (Phi) is 4.95. The van der Waals surface area contributed by atoms with Crippen molar-refractivity contribution in [2.24, 2.45) is 17.3 Å². The van der Waals surface area contributed by atoms with E-state index in [0.717, 1.165) is 25.9 Å². The zero-order valence-corrected chi connectivity index (χ0v) is 14.1. The van der Waals surface area contributed by atoms with Crippen molar-refractivity contribution < 1.29 is 19.4 Å². The van der Waals surface area contributed by atoms with E-state index in [1.165, 1.54) is 19.3 Å². The Morgan fingerprint density at radius 2 is 1.83 bits per heavy atom. The van der Waals surface area contributed by atoms with Gasteiger partial charge >= 0.3 is 5.97 Å². The van der Waals surface area contributed by atoms with Crippen molar-refractivity contribution in [3.05, 3.63) is 0 Å². The first-order valence-corrected chi connectivity index (χ1v) is 9.21. The number of carboxylic acids is 1. The minimum Gasteiger partial charge on any atom is -0.481 e. The maximum atomic E-state index is 12.6. The predicted octanol–water partition coefficient (Wildman–Crippen LogP) is 2.73. The fourth-order valence-corrected chi connectivity index (χ4v) is 5.00. The van der Waals surface area contributed by atoms with Crippen molar-refractivity contribution >= 4 is 11.9 Å². The molecule has 3 fully saturated rings. The van der Waals surface area contributed by atoms with Crippen molar-refractivity contribution in [2.75, 3.05) is 6.61 Å². The first-order chi connectivity index (χ1) is 11.1. The predicted molar refractivity (Wildman–Crippen MR) is 85.9 cm³/mol. The molecule has 0 aromatic carbocycles. The summed E-state index contributed by atoms with van der Waals surface area (Å²) in [4.78, 5) is 23.6. The minimum atomic E-state index is -0.760. The third-order valence-electron chi connectivity index (χ3n) is 6.41. The van der Waals surface area contributed by atoms with E-state index in [9.17, 15) is 9.59 Å². The lowest BCUT2D eigenvalue weighted by molar-refractivity contribution is -0.158.